The third-order valence-electron chi connectivity index (χ3n) is 3.29. The molecule has 0 fully saturated rings. The summed E-state index contributed by atoms with van der Waals surface area (Å²) in [6.45, 7) is 3.73. The van der Waals surface area contributed by atoms with Gasteiger partial charge in [-0.05, 0) is 31.0 Å². The van der Waals surface area contributed by atoms with Crippen molar-refractivity contribution in [1.82, 2.24) is 4.98 Å². The number of aromatic nitrogens is 1. The van der Waals surface area contributed by atoms with Gasteiger partial charge in [-0.3, -0.25) is 9.52 Å². The number of sulfonamides is 1. The van der Waals surface area contributed by atoms with Crippen LogP contribution in [-0.4, -0.2) is 26.5 Å². The molecule has 1 aromatic carbocycles. The molecule has 23 heavy (non-hydrogen) atoms. The summed E-state index contributed by atoms with van der Waals surface area (Å²) in [4.78, 5) is 16.3. The zero-order valence-electron chi connectivity index (χ0n) is 13.1. The molecule has 124 valence electrons. The highest BCUT2D eigenvalue weighted by molar-refractivity contribution is 7.93. The molecule has 1 aromatic heterocycles. The molecule has 0 atom stereocenters. The number of hydrogen-bond acceptors (Lipinski definition) is 6. The monoisotopic (exact) mass is 354 g/mol. The molecule has 0 bridgehead atoms. The third-order valence-corrected chi connectivity index (χ3v) is 5.85. The van der Waals surface area contributed by atoms with Crippen molar-refractivity contribution in [2.24, 2.45) is 0 Å². The van der Waals surface area contributed by atoms with E-state index < -0.39 is 10.0 Å². The Morgan fingerprint density at radius 1 is 1.30 bits per heavy atom. The van der Waals surface area contributed by atoms with Gasteiger partial charge in [0.1, 0.15) is 0 Å². The summed E-state index contributed by atoms with van der Waals surface area (Å²) in [7, 11) is -2.39. The SMILES string of the molecule is CCc1ccc(S(=O)(=O)Nc2nc(C)c(CC(=O)OC)s2)cc1. The van der Waals surface area contributed by atoms with E-state index in [1.807, 2.05) is 6.92 Å². The average molecular weight is 354 g/mol. The number of hydrogen-bond donors (Lipinski definition) is 1. The van der Waals surface area contributed by atoms with Gasteiger partial charge in [-0.15, -0.1) is 11.3 Å². The lowest BCUT2D eigenvalue weighted by Gasteiger charge is -2.05. The summed E-state index contributed by atoms with van der Waals surface area (Å²) in [6.07, 6.45) is 0.920. The second-order valence-corrected chi connectivity index (χ2v) is 7.65. The Morgan fingerprint density at radius 2 is 1.96 bits per heavy atom. The molecule has 0 saturated heterocycles. The predicted octanol–water partition coefficient (Wildman–Crippen LogP) is 2.53. The van der Waals surface area contributed by atoms with E-state index in [4.69, 9.17) is 0 Å². The van der Waals surface area contributed by atoms with E-state index in [1.54, 1.807) is 31.2 Å². The van der Waals surface area contributed by atoms with Crippen LogP contribution >= 0.6 is 11.3 Å². The third kappa shape index (κ3) is 4.29. The van der Waals surface area contributed by atoms with E-state index in [2.05, 4.69) is 14.4 Å². The molecule has 0 radical (unpaired) electrons. The van der Waals surface area contributed by atoms with Crippen LogP contribution in [0.15, 0.2) is 29.2 Å². The largest absolute Gasteiger partial charge is 0.469 e. The molecule has 1 N–H and O–H groups in total. The molecule has 8 heteroatoms. The zero-order valence-corrected chi connectivity index (χ0v) is 14.8. The number of benzene rings is 1. The van der Waals surface area contributed by atoms with E-state index in [9.17, 15) is 13.2 Å². The Bertz CT molecular complexity index is 795. The molecule has 2 aromatic rings. The van der Waals surface area contributed by atoms with Gasteiger partial charge in [-0.2, -0.15) is 0 Å². The highest BCUT2D eigenvalue weighted by atomic mass is 32.2. The normalized spacial score (nSPS) is 11.3. The fourth-order valence-corrected chi connectivity index (χ4v) is 4.10. The van der Waals surface area contributed by atoms with Crippen molar-refractivity contribution < 1.29 is 17.9 Å². The number of nitrogens with one attached hydrogen (secondary N) is 1. The number of carbonyl (C=O) groups is 1. The molecule has 0 saturated carbocycles. The summed E-state index contributed by atoms with van der Waals surface area (Å²) in [5.74, 6) is -0.388. The topological polar surface area (TPSA) is 85.4 Å². The Hall–Kier alpha value is -1.93. The zero-order chi connectivity index (χ0) is 17.0. The van der Waals surface area contributed by atoms with Gasteiger partial charge in [-0.25, -0.2) is 13.4 Å². The fraction of sp³-hybridized carbons (Fsp3) is 0.333. The van der Waals surface area contributed by atoms with E-state index >= 15 is 0 Å². The highest BCUT2D eigenvalue weighted by Gasteiger charge is 2.18. The summed E-state index contributed by atoms with van der Waals surface area (Å²) < 4.78 is 31.8. The first-order valence-corrected chi connectivity index (χ1v) is 9.30. The molecule has 0 aliphatic rings. The van der Waals surface area contributed by atoms with Gasteiger partial charge in [0.05, 0.1) is 24.1 Å². The van der Waals surface area contributed by atoms with Crippen LogP contribution in [0.2, 0.25) is 0 Å². The number of ether oxygens (including phenoxy) is 1. The number of anilines is 1. The molecule has 0 spiro atoms. The predicted molar refractivity (Wildman–Crippen MR) is 89.2 cm³/mol. The Morgan fingerprint density at radius 3 is 2.52 bits per heavy atom. The minimum atomic E-state index is -3.69. The smallest absolute Gasteiger partial charge is 0.310 e. The number of methoxy groups -OCH3 is 1. The Labute approximate surface area is 139 Å². The Balaban J connectivity index is 2.20. The maximum absolute atomic E-state index is 12.4. The second-order valence-electron chi connectivity index (χ2n) is 4.88. The van der Waals surface area contributed by atoms with Gasteiger partial charge in [-0.1, -0.05) is 19.1 Å². The van der Waals surface area contributed by atoms with Gasteiger partial charge in [0.15, 0.2) is 5.13 Å². The summed E-state index contributed by atoms with van der Waals surface area (Å²) >= 11 is 1.13. The standard InChI is InChI=1S/C15H18N2O4S2/c1-4-11-5-7-12(8-6-11)23(19,20)17-15-16-10(2)13(22-15)9-14(18)21-3/h5-8H,4,9H2,1-3H3,(H,16,17). The molecule has 6 nitrogen and oxygen atoms in total. The summed E-state index contributed by atoms with van der Waals surface area (Å²) in [5.41, 5.74) is 1.67. The lowest BCUT2D eigenvalue weighted by Crippen LogP contribution is -2.12. The molecular formula is C15H18N2O4S2. The maximum Gasteiger partial charge on any atom is 0.310 e. The average Bonchev–Trinajstić information content (AvgIpc) is 2.85. The van der Waals surface area contributed by atoms with Gasteiger partial charge in [0, 0.05) is 4.88 Å². The molecule has 1 heterocycles. The number of thiazole rings is 1. The van der Waals surface area contributed by atoms with Crippen LogP contribution in [0.4, 0.5) is 5.13 Å². The first kappa shape index (κ1) is 17.4. The van der Waals surface area contributed by atoms with Crippen LogP contribution in [0.3, 0.4) is 0 Å². The van der Waals surface area contributed by atoms with Crippen molar-refractivity contribution in [1.29, 1.82) is 0 Å². The van der Waals surface area contributed by atoms with Crippen molar-refractivity contribution in [3.05, 3.63) is 40.4 Å². The van der Waals surface area contributed by atoms with Crippen molar-refractivity contribution in [3.63, 3.8) is 0 Å². The molecule has 0 aliphatic carbocycles. The molecule has 0 amide bonds. The molecule has 0 unspecified atom stereocenters. The number of carbonyl (C=O) groups excluding carboxylic acids is 1. The summed E-state index contributed by atoms with van der Waals surface area (Å²) in [6, 6.07) is 6.70. The molecule has 0 aliphatic heterocycles. The van der Waals surface area contributed by atoms with Crippen molar-refractivity contribution in [2.75, 3.05) is 11.8 Å². The van der Waals surface area contributed by atoms with E-state index in [0.29, 0.717) is 10.6 Å². The van der Waals surface area contributed by atoms with E-state index in [1.165, 1.54) is 7.11 Å². The summed E-state index contributed by atoms with van der Waals surface area (Å²) in [5, 5.41) is 0.237. The van der Waals surface area contributed by atoms with Gasteiger partial charge in [0.2, 0.25) is 0 Å². The van der Waals surface area contributed by atoms with Gasteiger partial charge in [0.25, 0.3) is 10.0 Å². The quantitative estimate of drug-likeness (QED) is 0.806. The fourth-order valence-electron chi connectivity index (χ4n) is 1.92. The van der Waals surface area contributed by atoms with Gasteiger partial charge < -0.3 is 4.74 Å². The van der Waals surface area contributed by atoms with Crippen LogP contribution in [0.25, 0.3) is 0 Å². The molecular weight excluding hydrogens is 336 g/mol. The minimum Gasteiger partial charge on any atom is -0.469 e. The van der Waals surface area contributed by atoms with Crippen molar-refractivity contribution in [2.45, 2.75) is 31.6 Å². The first-order chi connectivity index (χ1) is 10.9. The number of nitrogens with zero attached hydrogens (tertiary/aromatic N) is 1. The van der Waals surface area contributed by atoms with Gasteiger partial charge >= 0.3 is 5.97 Å². The maximum atomic E-state index is 12.4. The first-order valence-electron chi connectivity index (χ1n) is 7.00. The van der Waals surface area contributed by atoms with Crippen LogP contribution in [0, 0.1) is 6.92 Å². The van der Waals surface area contributed by atoms with Crippen LogP contribution < -0.4 is 4.72 Å². The Kier molecular flexibility index (Phi) is 5.38. The van der Waals surface area contributed by atoms with E-state index in [0.717, 1.165) is 23.3 Å². The van der Waals surface area contributed by atoms with Crippen LogP contribution in [-0.2, 0) is 32.4 Å². The van der Waals surface area contributed by atoms with E-state index in [-0.39, 0.29) is 22.4 Å². The minimum absolute atomic E-state index is 0.0763. The second kappa shape index (κ2) is 7.10. The van der Waals surface area contributed by atoms with Crippen molar-refractivity contribution >= 4 is 32.5 Å². The lowest BCUT2D eigenvalue weighted by molar-refractivity contribution is -0.139. The highest BCUT2D eigenvalue weighted by Crippen LogP contribution is 2.25. The van der Waals surface area contributed by atoms with Crippen LogP contribution in [0.5, 0.6) is 0 Å². The molecule has 2 rings (SSSR count). The van der Waals surface area contributed by atoms with Crippen LogP contribution in [0.1, 0.15) is 23.1 Å². The van der Waals surface area contributed by atoms with Crippen molar-refractivity contribution in [3.8, 4) is 0 Å². The number of rotatable bonds is 6. The number of esters is 1. The lowest BCUT2D eigenvalue weighted by atomic mass is 10.2. The number of aryl methyl sites for hydroxylation is 2.